The maximum atomic E-state index is 13.2. The number of carbonyl (C=O) groups is 1. The van der Waals surface area contributed by atoms with Crippen LogP contribution in [0.4, 0.5) is 5.69 Å². The summed E-state index contributed by atoms with van der Waals surface area (Å²) in [6.45, 7) is 7.76. The maximum Gasteiger partial charge on any atom is 0.263 e. The first-order valence-electron chi connectivity index (χ1n) is 9.77. The molecule has 0 saturated heterocycles. The third kappa shape index (κ3) is 3.15. The molecular formula is C22H25N3O2S. The van der Waals surface area contributed by atoms with Crippen LogP contribution in [0.5, 0.6) is 0 Å². The lowest BCUT2D eigenvalue weighted by Crippen LogP contribution is -2.32. The van der Waals surface area contributed by atoms with Crippen molar-refractivity contribution >= 4 is 33.1 Å². The smallest absolute Gasteiger partial charge is 0.263 e. The number of aromatic nitrogens is 2. The maximum absolute atomic E-state index is 13.2. The van der Waals surface area contributed by atoms with Gasteiger partial charge in [-0.15, -0.1) is 11.3 Å². The fraction of sp³-hybridized carbons (Fsp3) is 0.409. The van der Waals surface area contributed by atoms with Crippen molar-refractivity contribution in [3.05, 3.63) is 55.9 Å². The van der Waals surface area contributed by atoms with Gasteiger partial charge in [0.05, 0.1) is 11.7 Å². The minimum absolute atomic E-state index is 0.107. The summed E-state index contributed by atoms with van der Waals surface area (Å²) in [6.07, 6.45) is 5.75. The number of thiophene rings is 1. The molecule has 1 N–H and O–H groups in total. The van der Waals surface area contributed by atoms with Gasteiger partial charge in [0, 0.05) is 10.6 Å². The number of carbonyl (C=O) groups excluding carboxylic acids is 1. The molecule has 0 unspecified atom stereocenters. The number of anilines is 1. The van der Waals surface area contributed by atoms with E-state index < -0.39 is 6.04 Å². The number of nitrogens with zero attached hydrogens (tertiary/aromatic N) is 2. The topological polar surface area (TPSA) is 64.0 Å². The Morgan fingerprint density at radius 3 is 2.57 bits per heavy atom. The quantitative estimate of drug-likeness (QED) is 0.712. The zero-order chi connectivity index (χ0) is 20.0. The molecule has 1 amide bonds. The number of nitrogens with one attached hydrogen (secondary N) is 1. The Balaban J connectivity index is 1.69. The van der Waals surface area contributed by atoms with E-state index in [0.717, 1.165) is 52.0 Å². The molecule has 1 atom stereocenters. The van der Waals surface area contributed by atoms with Gasteiger partial charge in [-0.1, -0.05) is 17.7 Å². The molecule has 1 aromatic carbocycles. The lowest BCUT2D eigenvalue weighted by Gasteiger charge is -2.18. The van der Waals surface area contributed by atoms with Gasteiger partial charge in [-0.05, 0) is 70.1 Å². The van der Waals surface area contributed by atoms with Crippen molar-refractivity contribution in [1.82, 2.24) is 9.55 Å². The van der Waals surface area contributed by atoms with Gasteiger partial charge in [0.15, 0.2) is 0 Å². The Bertz CT molecular complexity index is 1120. The molecule has 28 heavy (non-hydrogen) atoms. The number of fused-ring (bicyclic) bond motifs is 3. The molecule has 0 aliphatic heterocycles. The third-order valence-corrected chi connectivity index (χ3v) is 6.82. The first-order valence-corrected chi connectivity index (χ1v) is 10.6. The van der Waals surface area contributed by atoms with E-state index in [0.29, 0.717) is 5.39 Å². The lowest BCUT2D eigenvalue weighted by molar-refractivity contribution is -0.118. The van der Waals surface area contributed by atoms with Crippen LogP contribution in [0.2, 0.25) is 0 Å². The summed E-state index contributed by atoms with van der Waals surface area (Å²) in [7, 11) is 0. The molecule has 5 nitrogen and oxygen atoms in total. The van der Waals surface area contributed by atoms with Gasteiger partial charge in [-0.2, -0.15) is 0 Å². The van der Waals surface area contributed by atoms with Gasteiger partial charge in [-0.25, -0.2) is 4.98 Å². The van der Waals surface area contributed by atoms with Gasteiger partial charge < -0.3 is 5.32 Å². The average molecular weight is 396 g/mol. The Kier molecular flexibility index (Phi) is 4.83. The molecule has 0 fully saturated rings. The van der Waals surface area contributed by atoms with Crippen molar-refractivity contribution in [2.24, 2.45) is 0 Å². The monoisotopic (exact) mass is 395 g/mol. The number of rotatable bonds is 3. The third-order valence-electron chi connectivity index (χ3n) is 5.62. The van der Waals surface area contributed by atoms with E-state index in [1.165, 1.54) is 22.2 Å². The summed E-state index contributed by atoms with van der Waals surface area (Å²) >= 11 is 1.63. The number of amides is 1. The van der Waals surface area contributed by atoms with Crippen LogP contribution in [-0.2, 0) is 17.6 Å². The molecular weight excluding hydrogens is 370 g/mol. The average Bonchev–Trinajstić information content (AvgIpc) is 3.03. The highest BCUT2D eigenvalue weighted by Gasteiger charge is 2.23. The van der Waals surface area contributed by atoms with E-state index in [9.17, 15) is 9.59 Å². The number of hydrogen-bond acceptors (Lipinski definition) is 4. The number of benzene rings is 1. The SMILES string of the molecule is Cc1cc(C)c(NC(=O)[C@H](C)n2cnc3sc4c(c3c2=O)CCCC4)c(C)c1. The summed E-state index contributed by atoms with van der Waals surface area (Å²) < 4.78 is 1.47. The zero-order valence-electron chi connectivity index (χ0n) is 16.8. The summed E-state index contributed by atoms with van der Waals surface area (Å²) in [5.41, 5.74) is 5.06. The molecule has 6 heteroatoms. The summed E-state index contributed by atoms with van der Waals surface area (Å²) in [6, 6.07) is 3.46. The molecule has 2 aromatic heterocycles. The second-order valence-corrected chi connectivity index (χ2v) is 8.87. The highest BCUT2D eigenvalue weighted by atomic mass is 32.1. The minimum Gasteiger partial charge on any atom is -0.324 e. The van der Waals surface area contributed by atoms with Crippen molar-refractivity contribution in [2.75, 3.05) is 5.32 Å². The van der Waals surface area contributed by atoms with Crippen molar-refractivity contribution < 1.29 is 4.79 Å². The van der Waals surface area contributed by atoms with Crippen LogP contribution in [0.1, 0.15) is 52.9 Å². The minimum atomic E-state index is -0.636. The van der Waals surface area contributed by atoms with Crippen molar-refractivity contribution in [3.63, 3.8) is 0 Å². The first-order chi connectivity index (χ1) is 13.4. The van der Waals surface area contributed by atoms with Crippen molar-refractivity contribution in [3.8, 4) is 0 Å². The number of hydrogen-bond donors (Lipinski definition) is 1. The van der Waals surface area contributed by atoms with Crippen molar-refractivity contribution in [1.29, 1.82) is 0 Å². The molecule has 0 spiro atoms. The highest BCUT2D eigenvalue weighted by molar-refractivity contribution is 7.18. The summed E-state index contributed by atoms with van der Waals surface area (Å²) in [4.78, 5) is 32.7. The molecule has 2 heterocycles. The molecule has 0 radical (unpaired) electrons. The normalized spacial score (nSPS) is 14.7. The van der Waals surface area contributed by atoms with Gasteiger partial charge >= 0.3 is 0 Å². The van der Waals surface area contributed by atoms with Crippen LogP contribution < -0.4 is 10.9 Å². The molecule has 146 valence electrons. The van der Waals surface area contributed by atoms with E-state index >= 15 is 0 Å². The molecule has 4 rings (SSSR count). The Labute approximate surface area is 168 Å². The van der Waals surface area contributed by atoms with Gasteiger partial charge in [0.25, 0.3) is 5.56 Å². The predicted molar refractivity (Wildman–Crippen MR) is 115 cm³/mol. The zero-order valence-corrected chi connectivity index (χ0v) is 17.6. The van der Waals surface area contributed by atoms with Crippen LogP contribution in [0.15, 0.2) is 23.3 Å². The fourth-order valence-electron chi connectivity index (χ4n) is 4.17. The van der Waals surface area contributed by atoms with Gasteiger partial charge in [-0.3, -0.25) is 14.2 Å². The van der Waals surface area contributed by atoms with E-state index in [1.54, 1.807) is 18.3 Å². The van der Waals surface area contributed by atoms with E-state index in [4.69, 9.17) is 0 Å². The molecule has 0 saturated carbocycles. The highest BCUT2D eigenvalue weighted by Crippen LogP contribution is 2.33. The van der Waals surface area contributed by atoms with Crippen LogP contribution in [0.25, 0.3) is 10.2 Å². The summed E-state index contributed by atoms with van der Waals surface area (Å²) in [5.74, 6) is -0.206. The van der Waals surface area contributed by atoms with Gasteiger partial charge in [0.1, 0.15) is 10.9 Å². The van der Waals surface area contributed by atoms with Gasteiger partial charge in [0.2, 0.25) is 5.91 Å². The Morgan fingerprint density at radius 2 is 1.86 bits per heavy atom. The molecule has 1 aliphatic rings. The second-order valence-electron chi connectivity index (χ2n) is 7.79. The molecule has 0 bridgehead atoms. The van der Waals surface area contributed by atoms with Crippen LogP contribution in [0, 0.1) is 20.8 Å². The largest absolute Gasteiger partial charge is 0.324 e. The van der Waals surface area contributed by atoms with Crippen LogP contribution in [-0.4, -0.2) is 15.5 Å². The Morgan fingerprint density at radius 1 is 1.18 bits per heavy atom. The molecule has 3 aromatic rings. The molecule has 1 aliphatic carbocycles. The van der Waals surface area contributed by atoms with E-state index in [2.05, 4.69) is 10.3 Å². The second kappa shape index (κ2) is 7.17. The lowest BCUT2D eigenvalue weighted by atomic mass is 9.97. The standard InChI is InChI=1S/C22H25N3O2S/c1-12-9-13(2)19(14(3)10-12)24-20(26)15(4)25-11-23-21-18(22(25)27)16-7-5-6-8-17(16)28-21/h9-11,15H,5-8H2,1-4H3,(H,24,26)/t15-/m0/s1. The van der Waals surface area contributed by atoms with Crippen LogP contribution in [0.3, 0.4) is 0 Å². The summed E-state index contributed by atoms with van der Waals surface area (Å²) in [5, 5.41) is 3.72. The fourth-order valence-corrected chi connectivity index (χ4v) is 5.39. The Hall–Kier alpha value is -2.47. The van der Waals surface area contributed by atoms with E-state index in [-0.39, 0.29) is 11.5 Å². The van der Waals surface area contributed by atoms with Crippen LogP contribution >= 0.6 is 11.3 Å². The van der Waals surface area contributed by atoms with E-state index in [1.807, 2.05) is 32.9 Å². The predicted octanol–water partition coefficient (Wildman–Crippen LogP) is 4.46. The number of aryl methyl sites for hydroxylation is 5. The first kappa shape index (κ1) is 18.9. The van der Waals surface area contributed by atoms with Crippen molar-refractivity contribution in [2.45, 2.75) is 59.4 Å².